The zero-order chi connectivity index (χ0) is 19.8. The second-order valence-electron chi connectivity index (χ2n) is 8.61. The number of nitrogens with one attached hydrogen (secondary N) is 1. The molecule has 2 aliphatic rings. The number of rotatable bonds is 5. The molecule has 3 unspecified atom stereocenters. The van der Waals surface area contributed by atoms with Crippen LogP contribution in [0.3, 0.4) is 0 Å². The van der Waals surface area contributed by atoms with Crippen LogP contribution in [-0.4, -0.2) is 33.9 Å². The van der Waals surface area contributed by atoms with E-state index >= 15 is 0 Å². The van der Waals surface area contributed by atoms with E-state index in [1.807, 2.05) is 13.1 Å². The van der Waals surface area contributed by atoms with Crippen molar-refractivity contribution in [2.75, 3.05) is 11.9 Å². The van der Waals surface area contributed by atoms with E-state index in [1.165, 1.54) is 23.8 Å². The second kappa shape index (κ2) is 7.71. The van der Waals surface area contributed by atoms with Crippen LogP contribution in [0.25, 0.3) is 10.8 Å². The normalized spacial score (nSPS) is 24.6. The Kier molecular flexibility index (Phi) is 4.92. The molecule has 2 aromatic heterocycles. The number of benzene rings is 1. The quantitative estimate of drug-likeness (QED) is 0.677. The average Bonchev–Trinajstić information content (AvgIpc) is 3.09. The minimum Gasteiger partial charge on any atom is -0.375 e. The summed E-state index contributed by atoms with van der Waals surface area (Å²) in [5.41, 5.74) is 3.26. The molecule has 2 bridgehead atoms. The van der Waals surface area contributed by atoms with E-state index in [4.69, 9.17) is 4.74 Å². The largest absolute Gasteiger partial charge is 0.375 e. The van der Waals surface area contributed by atoms with E-state index in [-0.39, 0.29) is 5.92 Å². The summed E-state index contributed by atoms with van der Waals surface area (Å²) in [6, 6.07) is 12.7. The summed E-state index contributed by atoms with van der Waals surface area (Å²) in [4.78, 5) is 4.32. The van der Waals surface area contributed by atoms with Crippen LogP contribution in [0.1, 0.15) is 55.5 Å². The van der Waals surface area contributed by atoms with Crippen molar-refractivity contribution in [1.82, 2.24) is 15.2 Å². The summed E-state index contributed by atoms with van der Waals surface area (Å²) in [5.74, 6) is 1.70. The fraction of sp³-hybridized carbons (Fsp3) is 0.458. The van der Waals surface area contributed by atoms with Crippen LogP contribution in [0.15, 0.2) is 42.6 Å². The first-order valence-corrected chi connectivity index (χ1v) is 10.7. The van der Waals surface area contributed by atoms with Crippen LogP contribution in [0.5, 0.6) is 0 Å². The minimum atomic E-state index is 0.161. The third-order valence-corrected chi connectivity index (χ3v) is 6.49. The van der Waals surface area contributed by atoms with E-state index in [2.05, 4.69) is 63.8 Å². The Labute approximate surface area is 171 Å². The van der Waals surface area contributed by atoms with Crippen molar-refractivity contribution in [3.8, 4) is 0 Å². The van der Waals surface area contributed by atoms with Gasteiger partial charge in [0.05, 0.1) is 17.9 Å². The third-order valence-electron chi connectivity index (χ3n) is 6.49. The van der Waals surface area contributed by atoms with E-state index in [1.54, 1.807) is 0 Å². The highest BCUT2D eigenvalue weighted by atomic mass is 16.5. The number of aryl methyl sites for hydroxylation is 1. The molecule has 0 radical (unpaired) electrons. The molecular weight excluding hydrogens is 360 g/mol. The van der Waals surface area contributed by atoms with Gasteiger partial charge in [-0.15, -0.1) is 5.10 Å². The highest BCUT2D eigenvalue weighted by Gasteiger charge is 2.34. The number of ether oxygens (including phenoxy) is 1. The maximum atomic E-state index is 5.98. The Morgan fingerprint density at radius 3 is 2.59 bits per heavy atom. The molecule has 0 spiro atoms. The molecule has 0 saturated carbocycles. The summed E-state index contributed by atoms with van der Waals surface area (Å²) in [7, 11) is 0. The maximum Gasteiger partial charge on any atom is 0.156 e. The average molecular weight is 389 g/mol. The highest BCUT2D eigenvalue weighted by molar-refractivity contribution is 5.93. The van der Waals surface area contributed by atoms with Gasteiger partial charge in [-0.1, -0.05) is 31.2 Å². The van der Waals surface area contributed by atoms with Crippen molar-refractivity contribution in [2.24, 2.45) is 5.92 Å². The van der Waals surface area contributed by atoms with Crippen molar-refractivity contribution in [1.29, 1.82) is 0 Å². The SMILES string of the molecule is Cc1cc(C(C)c2nnc(NCC3CC4CCC(C3)O4)c3ccccc23)ccn1. The van der Waals surface area contributed by atoms with Gasteiger partial charge in [0, 0.05) is 35.1 Å². The Hall–Kier alpha value is -2.53. The molecule has 29 heavy (non-hydrogen) atoms. The van der Waals surface area contributed by atoms with Crippen molar-refractivity contribution < 1.29 is 4.74 Å². The van der Waals surface area contributed by atoms with Crippen LogP contribution in [-0.2, 0) is 4.74 Å². The topological polar surface area (TPSA) is 59.9 Å². The molecule has 0 amide bonds. The van der Waals surface area contributed by atoms with Gasteiger partial charge >= 0.3 is 0 Å². The van der Waals surface area contributed by atoms with Crippen LogP contribution < -0.4 is 5.32 Å². The van der Waals surface area contributed by atoms with E-state index < -0.39 is 0 Å². The zero-order valence-electron chi connectivity index (χ0n) is 17.1. The van der Waals surface area contributed by atoms with E-state index in [0.29, 0.717) is 18.1 Å². The van der Waals surface area contributed by atoms with Gasteiger partial charge in [-0.3, -0.25) is 4.98 Å². The van der Waals surface area contributed by atoms with Gasteiger partial charge in [0.25, 0.3) is 0 Å². The highest BCUT2D eigenvalue weighted by Crippen LogP contribution is 2.36. The Morgan fingerprint density at radius 2 is 1.83 bits per heavy atom. The molecule has 150 valence electrons. The zero-order valence-corrected chi connectivity index (χ0v) is 17.1. The molecule has 1 aromatic carbocycles. The van der Waals surface area contributed by atoms with E-state index in [0.717, 1.165) is 42.0 Å². The number of pyridine rings is 1. The molecule has 2 saturated heterocycles. The molecule has 3 aromatic rings. The van der Waals surface area contributed by atoms with Crippen molar-refractivity contribution >= 4 is 16.6 Å². The lowest BCUT2D eigenvalue weighted by atomic mass is 9.94. The molecule has 5 rings (SSSR count). The smallest absolute Gasteiger partial charge is 0.156 e. The lowest BCUT2D eigenvalue weighted by Crippen LogP contribution is -2.29. The van der Waals surface area contributed by atoms with Gasteiger partial charge in [-0.2, -0.15) is 5.10 Å². The number of fused-ring (bicyclic) bond motifs is 3. The first-order valence-electron chi connectivity index (χ1n) is 10.7. The van der Waals surface area contributed by atoms with Crippen LogP contribution in [0.4, 0.5) is 5.82 Å². The van der Waals surface area contributed by atoms with Gasteiger partial charge in [0.1, 0.15) is 0 Å². The predicted molar refractivity (Wildman–Crippen MR) is 115 cm³/mol. The fourth-order valence-corrected chi connectivity index (χ4v) is 4.94. The second-order valence-corrected chi connectivity index (χ2v) is 8.61. The minimum absolute atomic E-state index is 0.161. The maximum absolute atomic E-state index is 5.98. The van der Waals surface area contributed by atoms with Crippen LogP contribution in [0.2, 0.25) is 0 Å². The number of anilines is 1. The fourth-order valence-electron chi connectivity index (χ4n) is 4.94. The van der Waals surface area contributed by atoms with Gasteiger partial charge < -0.3 is 10.1 Å². The van der Waals surface area contributed by atoms with Crippen molar-refractivity contribution in [3.63, 3.8) is 0 Å². The van der Waals surface area contributed by atoms with Crippen molar-refractivity contribution in [2.45, 2.75) is 57.7 Å². The summed E-state index contributed by atoms with van der Waals surface area (Å²) < 4.78 is 5.98. The first-order chi connectivity index (χ1) is 14.2. The predicted octanol–water partition coefficient (Wildman–Crippen LogP) is 4.85. The number of hydrogen-bond acceptors (Lipinski definition) is 5. The molecule has 4 heterocycles. The first kappa shape index (κ1) is 18.5. The van der Waals surface area contributed by atoms with Crippen LogP contribution >= 0.6 is 0 Å². The van der Waals surface area contributed by atoms with E-state index in [9.17, 15) is 0 Å². The standard InChI is InChI=1S/C24H28N4O/c1-15-11-18(9-10-25-15)16(2)23-21-5-3-4-6-22(21)24(28-27-23)26-14-17-12-19-7-8-20(13-17)29-19/h3-6,9-11,16-17,19-20H,7-8,12-14H2,1-2H3,(H,26,28). The Balaban J connectivity index is 1.41. The molecule has 3 atom stereocenters. The van der Waals surface area contributed by atoms with Gasteiger partial charge in [-0.05, 0) is 56.2 Å². The molecule has 1 N–H and O–H groups in total. The molecule has 0 aliphatic carbocycles. The molecule has 2 fully saturated rings. The lowest BCUT2D eigenvalue weighted by molar-refractivity contribution is -0.0164. The summed E-state index contributed by atoms with van der Waals surface area (Å²) in [6.07, 6.45) is 7.58. The molecule has 5 heteroatoms. The van der Waals surface area contributed by atoms with Gasteiger partial charge in [0.2, 0.25) is 0 Å². The summed E-state index contributed by atoms with van der Waals surface area (Å²) >= 11 is 0. The van der Waals surface area contributed by atoms with Crippen molar-refractivity contribution in [3.05, 3.63) is 59.5 Å². The summed E-state index contributed by atoms with van der Waals surface area (Å²) in [6.45, 7) is 5.15. The monoisotopic (exact) mass is 388 g/mol. The number of nitrogens with zero attached hydrogens (tertiary/aromatic N) is 3. The Morgan fingerprint density at radius 1 is 1.07 bits per heavy atom. The van der Waals surface area contributed by atoms with Gasteiger partial charge in [-0.25, -0.2) is 0 Å². The van der Waals surface area contributed by atoms with Crippen LogP contribution in [0, 0.1) is 12.8 Å². The molecule has 2 aliphatic heterocycles. The molecule has 5 nitrogen and oxygen atoms in total. The summed E-state index contributed by atoms with van der Waals surface area (Å²) in [5, 5.41) is 15.2. The Bertz CT molecular complexity index is 1010. The van der Waals surface area contributed by atoms with Gasteiger partial charge in [0.15, 0.2) is 5.82 Å². The number of hydrogen-bond donors (Lipinski definition) is 1. The lowest BCUT2D eigenvalue weighted by Gasteiger charge is -2.28. The third kappa shape index (κ3) is 3.71. The molecular formula is C24H28N4O. The number of aromatic nitrogens is 3.